The van der Waals surface area contributed by atoms with E-state index in [1.807, 2.05) is 0 Å². The van der Waals surface area contributed by atoms with Gasteiger partial charge in [0.05, 0.1) is 5.04 Å². The van der Waals surface area contributed by atoms with Gasteiger partial charge in [-0.1, -0.05) is 117 Å². The normalized spacial score (nSPS) is 15.4. The number of unbranched alkanes of at least 4 members (excludes halogenated alkanes) is 10. The van der Waals surface area contributed by atoms with Crippen LogP contribution >= 0.6 is 0 Å². The Morgan fingerprint density at radius 1 is 0.808 bits per heavy atom. The van der Waals surface area contributed by atoms with Crippen molar-refractivity contribution in [3.05, 3.63) is 0 Å². The van der Waals surface area contributed by atoms with Crippen LogP contribution in [0.3, 0.4) is 0 Å². The SMILES string of the molecule is CCCCCCCCC(CC)C(CCCCCCCC)([SiH2]CC)C(=O)O. The number of rotatable bonds is 19. The van der Waals surface area contributed by atoms with E-state index in [9.17, 15) is 9.90 Å². The lowest BCUT2D eigenvalue weighted by Gasteiger charge is -2.37. The molecule has 0 aliphatic rings. The molecule has 0 aromatic carbocycles. The van der Waals surface area contributed by atoms with Crippen LogP contribution < -0.4 is 0 Å². The van der Waals surface area contributed by atoms with Gasteiger partial charge < -0.3 is 5.11 Å². The standard InChI is InChI=1S/C23H48O2Si/c1-5-9-11-13-15-17-19-21(7-3)23(22(24)25,26-8-4)20-18-16-14-12-10-6-2/h21H,5-20,26H2,1-4H3,(H,24,25). The molecule has 0 radical (unpaired) electrons. The number of carboxylic acids is 1. The van der Waals surface area contributed by atoms with Crippen LogP contribution in [-0.4, -0.2) is 20.6 Å². The molecule has 2 atom stereocenters. The van der Waals surface area contributed by atoms with Gasteiger partial charge in [0.1, 0.15) is 0 Å². The van der Waals surface area contributed by atoms with Gasteiger partial charge in [-0.15, -0.1) is 0 Å². The number of hydrogen-bond donors (Lipinski definition) is 1. The van der Waals surface area contributed by atoms with E-state index < -0.39 is 15.5 Å². The first-order valence-electron chi connectivity index (χ1n) is 11.8. The lowest BCUT2D eigenvalue weighted by atomic mass is 9.81. The summed E-state index contributed by atoms with van der Waals surface area (Å²) in [7, 11) is -0.568. The van der Waals surface area contributed by atoms with E-state index in [0.717, 1.165) is 31.7 Å². The molecule has 26 heavy (non-hydrogen) atoms. The fraction of sp³-hybridized carbons (Fsp3) is 0.957. The molecule has 0 spiro atoms. The van der Waals surface area contributed by atoms with Gasteiger partial charge in [0, 0.05) is 9.52 Å². The van der Waals surface area contributed by atoms with Crippen molar-refractivity contribution < 1.29 is 9.90 Å². The summed E-state index contributed by atoms with van der Waals surface area (Å²) >= 11 is 0. The Labute approximate surface area is 166 Å². The molecule has 0 aromatic heterocycles. The molecule has 156 valence electrons. The number of aliphatic carboxylic acids is 1. The number of hydrogen-bond acceptors (Lipinski definition) is 1. The summed E-state index contributed by atoms with van der Waals surface area (Å²) in [5.41, 5.74) is 0. The Balaban J connectivity index is 4.64. The monoisotopic (exact) mass is 384 g/mol. The van der Waals surface area contributed by atoms with Gasteiger partial charge in [0.15, 0.2) is 0 Å². The minimum absolute atomic E-state index is 0.336. The van der Waals surface area contributed by atoms with Crippen LogP contribution in [0, 0.1) is 5.92 Å². The maximum atomic E-state index is 12.4. The molecule has 0 saturated carbocycles. The van der Waals surface area contributed by atoms with Crippen molar-refractivity contribution in [3.8, 4) is 0 Å². The van der Waals surface area contributed by atoms with Crippen LogP contribution in [-0.2, 0) is 4.79 Å². The van der Waals surface area contributed by atoms with Gasteiger partial charge in [-0.05, 0) is 18.8 Å². The predicted octanol–water partition coefficient (Wildman–Crippen LogP) is 7.36. The molecule has 0 aromatic rings. The second-order valence-corrected chi connectivity index (χ2v) is 11.2. The largest absolute Gasteiger partial charge is 0.481 e. The highest BCUT2D eigenvalue weighted by molar-refractivity contribution is 6.46. The molecule has 3 heteroatoms. The molecule has 0 fully saturated rings. The molecular formula is C23H48O2Si. The maximum absolute atomic E-state index is 12.4. The molecule has 0 bridgehead atoms. The molecule has 0 amide bonds. The molecule has 2 unspecified atom stereocenters. The van der Waals surface area contributed by atoms with Crippen molar-refractivity contribution in [1.29, 1.82) is 0 Å². The smallest absolute Gasteiger partial charge is 0.306 e. The molecule has 0 aliphatic carbocycles. The highest BCUT2D eigenvalue weighted by Gasteiger charge is 2.43. The van der Waals surface area contributed by atoms with Gasteiger partial charge in [-0.25, -0.2) is 0 Å². The zero-order valence-electron chi connectivity index (χ0n) is 18.5. The first-order chi connectivity index (χ1) is 12.6. The fourth-order valence-corrected chi connectivity index (χ4v) is 7.14. The first kappa shape index (κ1) is 25.7. The number of carboxylic acid groups (broad SMARTS) is 1. The van der Waals surface area contributed by atoms with Crippen molar-refractivity contribution in [2.75, 3.05) is 0 Å². The van der Waals surface area contributed by atoms with Crippen LogP contribution in [0.15, 0.2) is 0 Å². The van der Waals surface area contributed by atoms with Crippen LogP contribution in [0.4, 0.5) is 0 Å². The lowest BCUT2D eigenvalue weighted by Crippen LogP contribution is -2.37. The average molecular weight is 385 g/mol. The third-order valence-electron chi connectivity index (χ3n) is 6.28. The second-order valence-electron chi connectivity index (χ2n) is 8.39. The van der Waals surface area contributed by atoms with Crippen molar-refractivity contribution in [2.24, 2.45) is 5.92 Å². The van der Waals surface area contributed by atoms with E-state index in [-0.39, 0.29) is 5.04 Å². The third-order valence-corrected chi connectivity index (χ3v) is 8.90. The van der Waals surface area contributed by atoms with Crippen LogP contribution in [0.1, 0.15) is 124 Å². The third kappa shape index (κ3) is 10.1. The Kier molecular flexibility index (Phi) is 16.6. The van der Waals surface area contributed by atoms with Gasteiger partial charge in [-0.3, -0.25) is 4.79 Å². The van der Waals surface area contributed by atoms with E-state index in [0.29, 0.717) is 5.92 Å². The van der Waals surface area contributed by atoms with E-state index in [4.69, 9.17) is 0 Å². The molecule has 0 saturated heterocycles. The highest BCUT2D eigenvalue weighted by Crippen LogP contribution is 2.46. The molecule has 0 aliphatic heterocycles. The molecule has 2 nitrogen and oxygen atoms in total. The molecule has 0 rings (SSSR count). The maximum Gasteiger partial charge on any atom is 0.306 e. The average Bonchev–Trinajstić information content (AvgIpc) is 2.63. The van der Waals surface area contributed by atoms with Gasteiger partial charge in [0.25, 0.3) is 0 Å². The van der Waals surface area contributed by atoms with E-state index >= 15 is 0 Å². The first-order valence-corrected chi connectivity index (χ1v) is 13.5. The summed E-state index contributed by atoms with van der Waals surface area (Å²) < 4.78 is 0. The van der Waals surface area contributed by atoms with E-state index in [1.54, 1.807) is 0 Å². The summed E-state index contributed by atoms with van der Waals surface area (Å²) in [6, 6.07) is 1.12. The topological polar surface area (TPSA) is 37.3 Å². The van der Waals surface area contributed by atoms with Crippen LogP contribution in [0.2, 0.25) is 11.1 Å². The summed E-state index contributed by atoms with van der Waals surface area (Å²) in [6.07, 6.45) is 18.5. The zero-order chi connectivity index (χ0) is 19.7. The van der Waals surface area contributed by atoms with Gasteiger partial charge in [0.2, 0.25) is 0 Å². The highest BCUT2D eigenvalue weighted by atomic mass is 28.2. The molecule has 1 N–H and O–H groups in total. The van der Waals surface area contributed by atoms with E-state index in [1.165, 1.54) is 70.6 Å². The van der Waals surface area contributed by atoms with Gasteiger partial charge >= 0.3 is 5.97 Å². The fourth-order valence-electron chi connectivity index (χ4n) is 4.63. The Morgan fingerprint density at radius 3 is 1.77 bits per heavy atom. The Bertz CT molecular complexity index is 332. The van der Waals surface area contributed by atoms with Crippen molar-refractivity contribution in [3.63, 3.8) is 0 Å². The Hall–Kier alpha value is -0.313. The predicted molar refractivity (Wildman–Crippen MR) is 119 cm³/mol. The summed E-state index contributed by atoms with van der Waals surface area (Å²) in [4.78, 5) is 12.4. The minimum atomic E-state index is -0.568. The number of carbonyl (C=O) groups is 1. The van der Waals surface area contributed by atoms with E-state index in [2.05, 4.69) is 27.7 Å². The lowest BCUT2D eigenvalue weighted by molar-refractivity contribution is -0.143. The van der Waals surface area contributed by atoms with Gasteiger partial charge in [-0.2, -0.15) is 0 Å². The Morgan fingerprint density at radius 2 is 1.31 bits per heavy atom. The summed E-state index contributed by atoms with van der Waals surface area (Å²) in [6.45, 7) is 8.94. The van der Waals surface area contributed by atoms with Crippen molar-refractivity contribution >= 4 is 15.5 Å². The zero-order valence-corrected chi connectivity index (χ0v) is 19.9. The minimum Gasteiger partial charge on any atom is -0.481 e. The van der Waals surface area contributed by atoms with Crippen molar-refractivity contribution in [2.45, 2.75) is 135 Å². The summed E-state index contributed by atoms with van der Waals surface area (Å²) in [5.74, 6) is -0.0501. The van der Waals surface area contributed by atoms with Crippen LogP contribution in [0.25, 0.3) is 0 Å². The molecular weight excluding hydrogens is 336 g/mol. The molecule has 0 heterocycles. The second kappa shape index (κ2) is 16.8. The van der Waals surface area contributed by atoms with Crippen LogP contribution in [0.5, 0.6) is 0 Å². The quantitative estimate of drug-likeness (QED) is 0.186. The van der Waals surface area contributed by atoms with Crippen molar-refractivity contribution in [1.82, 2.24) is 0 Å². The summed E-state index contributed by atoms with van der Waals surface area (Å²) in [5, 5.41) is 9.87.